The molecular formula is C5H2ClI2N. The van der Waals surface area contributed by atoms with Gasteiger partial charge in [-0.25, -0.2) is 4.98 Å². The van der Waals surface area contributed by atoms with E-state index >= 15 is 0 Å². The van der Waals surface area contributed by atoms with E-state index in [9.17, 15) is 0 Å². The summed E-state index contributed by atoms with van der Waals surface area (Å²) in [5, 5.41) is 0.773. The van der Waals surface area contributed by atoms with Crippen LogP contribution in [0.2, 0.25) is 5.02 Å². The molecule has 9 heavy (non-hydrogen) atoms. The lowest BCUT2D eigenvalue weighted by molar-refractivity contribution is 1.25. The minimum Gasteiger partial charge on any atom is -0.249 e. The molecule has 4 heteroatoms. The highest BCUT2D eigenvalue weighted by Gasteiger charge is 1.99. The molecule has 0 aliphatic heterocycles. The highest BCUT2D eigenvalue weighted by molar-refractivity contribution is 14.1. The second kappa shape index (κ2) is 3.34. The fourth-order valence-corrected chi connectivity index (χ4v) is 1.47. The van der Waals surface area contributed by atoms with E-state index in [0.717, 1.165) is 12.3 Å². The monoisotopic (exact) mass is 365 g/mol. The summed E-state index contributed by atoms with van der Waals surface area (Å²) >= 11 is 10.1. The van der Waals surface area contributed by atoms with Crippen LogP contribution in [0.15, 0.2) is 12.3 Å². The minimum atomic E-state index is 0.773. The lowest BCUT2D eigenvalue weighted by Gasteiger charge is -1.94. The number of hydrogen-bond donors (Lipinski definition) is 0. The Hall–Kier alpha value is 0.900. The van der Waals surface area contributed by atoms with Crippen molar-refractivity contribution < 1.29 is 0 Å². The first-order chi connectivity index (χ1) is 4.22. The van der Waals surface area contributed by atoms with Crippen LogP contribution in [-0.4, -0.2) is 4.98 Å². The second-order valence-corrected chi connectivity index (χ2v) is 3.91. The van der Waals surface area contributed by atoms with Gasteiger partial charge >= 0.3 is 0 Å². The average Bonchev–Trinajstić information content (AvgIpc) is 1.83. The lowest BCUT2D eigenvalue weighted by Crippen LogP contribution is -1.83. The van der Waals surface area contributed by atoms with E-state index in [1.807, 2.05) is 0 Å². The van der Waals surface area contributed by atoms with Gasteiger partial charge in [0, 0.05) is 6.20 Å². The fraction of sp³-hybridized carbons (Fsp3) is 0. The van der Waals surface area contributed by atoms with Gasteiger partial charge in [0.2, 0.25) is 0 Å². The van der Waals surface area contributed by atoms with E-state index in [1.165, 1.54) is 0 Å². The van der Waals surface area contributed by atoms with Crippen molar-refractivity contribution >= 4 is 56.8 Å². The summed E-state index contributed by atoms with van der Waals surface area (Å²) in [7, 11) is 0. The molecule has 0 unspecified atom stereocenters. The highest BCUT2D eigenvalue weighted by Crippen LogP contribution is 2.20. The number of nitrogens with zero attached hydrogens (tertiary/aromatic N) is 1. The van der Waals surface area contributed by atoms with Crippen molar-refractivity contribution in [3.63, 3.8) is 0 Å². The van der Waals surface area contributed by atoms with Crippen molar-refractivity contribution in [2.24, 2.45) is 0 Å². The summed E-state index contributed by atoms with van der Waals surface area (Å²) in [5.41, 5.74) is 0. The first-order valence-corrected chi connectivity index (χ1v) is 4.71. The van der Waals surface area contributed by atoms with Crippen LogP contribution in [-0.2, 0) is 0 Å². The van der Waals surface area contributed by atoms with Gasteiger partial charge < -0.3 is 0 Å². The van der Waals surface area contributed by atoms with E-state index < -0.39 is 0 Å². The van der Waals surface area contributed by atoms with Gasteiger partial charge in [-0.05, 0) is 51.2 Å². The van der Waals surface area contributed by atoms with Crippen LogP contribution >= 0.6 is 56.8 Å². The lowest BCUT2D eigenvalue weighted by atomic mass is 10.5. The Labute approximate surface area is 85.5 Å². The largest absolute Gasteiger partial charge is 0.249 e. The molecule has 1 nitrogen and oxygen atoms in total. The molecule has 1 aromatic rings. The third kappa shape index (κ3) is 1.91. The van der Waals surface area contributed by atoms with Gasteiger partial charge in [-0.15, -0.1) is 0 Å². The Morgan fingerprint density at radius 3 is 2.56 bits per heavy atom. The van der Waals surface area contributed by atoms with Crippen molar-refractivity contribution in [3.05, 3.63) is 24.6 Å². The summed E-state index contributed by atoms with van der Waals surface area (Å²) in [6.45, 7) is 0. The Bertz CT molecular complexity index is 206. The summed E-state index contributed by atoms with van der Waals surface area (Å²) in [5.74, 6) is 0. The zero-order valence-electron chi connectivity index (χ0n) is 4.24. The molecule has 1 heterocycles. The smallest absolute Gasteiger partial charge is 0.116 e. The molecular weight excluding hydrogens is 363 g/mol. The van der Waals surface area contributed by atoms with Crippen LogP contribution in [0, 0.1) is 7.27 Å². The number of rotatable bonds is 0. The summed E-state index contributed by atoms with van der Waals surface area (Å²) in [6.07, 6.45) is 1.70. The normalized spacial score (nSPS) is 9.67. The topological polar surface area (TPSA) is 12.9 Å². The highest BCUT2D eigenvalue weighted by atomic mass is 127. The molecule has 0 amide bonds. The molecule has 0 N–H and O–H groups in total. The van der Waals surface area contributed by atoms with E-state index in [1.54, 1.807) is 12.3 Å². The Kier molecular flexibility index (Phi) is 2.97. The van der Waals surface area contributed by atoms with Crippen molar-refractivity contribution in [2.45, 2.75) is 0 Å². The maximum Gasteiger partial charge on any atom is 0.116 e. The predicted octanol–water partition coefficient (Wildman–Crippen LogP) is 2.94. The van der Waals surface area contributed by atoms with E-state index in [-0.39, 0.29) is 0 Å². The van der Waals surface area contributed by atoms with E-state index in [2.05, 4.69) is 50.2 Å². The van der Waals surface area contributed by atoms with Crippen LogP contribution < -0.4 is 0 Å². The molecule has 48 valence electrons. The molecule has 0 aliphatic carbocycles. The fourth-order valence-electron chi connectivity index (χ4n) is 0.397. The van der Waals surface area contributed by atoms with Gasteiger partial charge in [-0.3, -0.25) is 0 Å². The van der Waals surface area contributed by atoms with Crippen LogP contribution in [0.3, 0.4) is 0 Å². The first-order valence-electron chi connectivity index (χ1n) is 2.17. The van der Waals surface area contributed by atoms with Crippen LogP contribution in [0.4, 0.5) is 0 Å². The molecule has 0 saturated carbocycles. The molecule has 0 aliphatic rings. The van der Waals surface area contributed by atoms with Gasteiger partial charge in [-0.1, -0.05) is 11.6 Å². The van der Waals surface area contributed by atoms with E-state index in [0.29, 0.717) is 0 Å². The van der Waals surface area contributed by atoms with Crippen molar-refractivity contribution in [2.75, 3.05) is 0 Å². The third-order valence-electron chi connectivity index (χ3n) is 0.800. The first kappa shape index (κ1) is 8.00. The standard InChI is InChI=1S/C5H2ClI2N/c6-3-1-2-9-5(8)4(3)7/h1-2H. The number of pyridine rings is 1. The van der Waals surface area contributed by atoms with Crippen LogP contribution in [0.1, 0.15) is 0 Å². The Morgan fingerprint density at radius 2 is 2.11 bits per heavy atom. The van der Waals surface area contributed by atoms with Crippen LogP contribution in [0.25, 0.3) is 0 Å². The van der Waals surface area contributed by atoms with Gasteiger partial charge in [0.15, 0.2) is 0 Å². The van der Waals surface area contributed by atoms with E-state index in [4.69, 9.17) is 11.6 Å². The van der Waals surface area contributed by atoms with Gasteiger partial charge in [0.05, 0.1) is 8.59 Å². The maximum atomic E-state index is 5.76. The van der Waals surface area contributed by atoms with Crippen molar-refractivity contribution in [1.82, 2.24) is 4.98 Å². The average molecular weight is 365 g/mol. The molecule has 0 atom stereocenters. The summed E-state index contributed by atoms with van der Waals surface area (Å²) in [4.78, 5) is 4.03. The summed E-state index contributed by atoms with van der Waals surface area (Å²) in [6, 6.07) is 1.78. The molecule has 0 saturated heterocycles. The number of aromatic nitrogens is 1. The SMILES string of the molecule is Clc1ccnc(I)c1I. The molecule has 0 radical (unpaired) electrons. The second-order valence-electron chi connectivity index (χ2n) is 1.40. The quantitative estimate of drug-likeness (QED) is 0.509. The Balaban J connectivity index is 3.25. The minimum absolute atomic E-state index is 0.773. The van der Waals surface area contributed by atoms with Gasteiger partial charge in [0.1, 0.15) is 3.70 Å². The predicted molar refractivity (Wildman–Crippen MR) is 54.7 cm³/mol. The number of halogens is 3. The molecule has 0 spiro atoms. The van der Waals surface area contributed by atoms with Crippen LogP contribution in [0.5, 0.6) is 0 Å². The van der Waals surface area contributed by atoms with Crippen molar-refractivity contribution in [3.8, 4) is 0 Å². The van der Waals surface area contributed by atoms with Crippen molar-refractivity contribution in [1.29, 1.82) is 0 Å². The Morgan fingerprint density at radius 1 is 1.44 bits per heavy atom. The van der Waals surface area contributed by atoms with Gasteiger partial charge in [0.25, 0.3) is 0 Å². The molecule has 0 aromatic carbocycles. The summed E-state index contributed by atoms with van der Waals surface area (Å²) < 4.78 is 1.98. The molecule has 0 bridgehead atoms. The van der Waals surface area contributed by atoms with Gasteiger partial charge in [-0.2, -0.15) is 0 Å². The third-order valence-corrected chi connectivity index (χ3v) is 4.38. The number of hydrogen-bond acceptors (Lipinski definition) is 1. The maximum absolute atomic E-state index is 5.76. The zero-order valence-corrected chi connectivity index (χ0v) is 9.31. The molecule has 0 fully saturated rings. The molecule has 1 rings (SSSR count). The molecule has 1 aromatic heterocycles. The zero-order chi connectivity index (χ0) is 6.85.